The summed E-state index contributed by atoms with van der Waals surface area (Å²) >= 11 is 4.16. The molecule has 0 N–H and O–H groups in total. The Labute approximate surface area is 95.3 Å². The third kappa shape index (κ3) is 2.60. The monoisotopic (exact) mass is 215 g/mol. The second-order valence-electron chi connectivity index (χ2n) is 3.37. The van der Waals surface area contributed by atoms with Crippen LogP contribution in [0.15, 0.2) is 42.6 Å². The highest BCUT2D eigenvalue weighted by Crippen LogP contribution is 2.14. The summed E-state index contributed by atoms with van der Waals surface area (Å²) in [6.07, 6.45) is 7.08. The first kappa shape index (κ1) is 10.2. The van der Waals surface area contributed by atoms with Crippen LogP contribution in [0, 0.1) is 0 Å². The molecule has 1 aromatic carbocycles. The minimum Gasteiger partial charge on any atom is -0.256 e. The lowest BCUT2D eigenvalue weighted by molar-refractivity contribution is 1.26. The molecule has 1 heterocycles. The minimum atomic E-state index is 0.891. The van der Waals surface area contributed by atoms with Gasteiger partial charge in [0.05, 0.1) is 5.52 Å². The molecule has 0 aliphatic rings. The van der Waals surface area contributed by atoms with Crippen LogP contribution in [0.2, 0.25) is 0 Å². The highest BCUT2D eigenvalue weighted by Gasteiger charge is 1.93. The molecule has 1 nitrogen and oxygen atoms in total. The summed E-state index contributed by atoms with van der Waals surface area (Å²) in [4.78, 5) is 4.32. The molecule has 2 aromatic rings. The Hall–Kier alpha value is -1.28. The Morgan fingerprint density at radius 1 is 1.27 bits per heavy atom. The first-order chi connectivity index (χ1) is 7.40. The third-order valence-electron chi connectivity index (χ3n) is 2.24. The third-order valence-corrected chi connectivity index (χ3v) is 2.49. The lowest BCUT2D eigenvalue weighted by Crippen LogP contribution is -1.79. The number of aromatic nitrogens is 1. The van der Waals surface area contributed by atoms with Crippen molar-refractivity contribution in [2.75, 3.05) is 5.75 Å². The predicted molar refractivity (Wildman–Crippen MR) is 69.2 cm³/mol. The van der Waals surface area contributed by atoms with Gasteiger partial charge in [0.15, 0.2) is 0 Å². The van der Waals surface area contributed by atoms with Gasteiger partial charge < -0.3 is 0 Å². The first-order valence-electron chi connectivity index (χ1n) is 5.02. The van der Waals surface area contributed by atoms with E-state index in [4.69, 9.17) is 0 Å². The number of allylic oxidation sites excluding steroid dienone is 1. The minimum absolute atomic E-state index is 0.891. The maximum Gasteiger partial charge on any atom is 0.0707 e. The van der Waals surface area contributed by atoms with Crippen LogP contribution >= 0.6 is 12.6 Å². The maximum absolute atomic E-state index is 4.32. The topological polar surface area (TPSA) is 12.9 Å². The molecular weight excluding hydrogens is 202 g/mol. The van der Waals surface area contributed by atoms with Crippen LogP contribution in [0.4, 0.5) is 0 Å². The van der Waals surface area contributed by atoms with Crippen LogP contribution in [-0.2, 0) is 0 Å². The number of rotatable bonds is 3. The molecule has 15 heavy (non-hydrogen) atoms. The van der Waals surface area contributed by atoms with Crippen LogP contribution < -0.4 is 0 Å². The van der Waals surface area contributed by atoms with Crippen molar-refractivity contribution in [3.05, 3.63) is 48.2 Å². The van der Waals surface area contributed by atoms with Crippen molar-refractivity contribution in [3.8, 4) is 0 Å². The van der Waals surface area contributed by atoms with Gasteiger partial charge in [0.25, 0.3) is 0 Å². The van der Waals surface area contributed by atoms with Crippen molar-refractivity contribution in [1.82, 2.24) is 4.98 Å². The zero-order valence-electron chi connectivity index (χ0n) is 8.43. The molecule has 76 valence electrons. The molecular formula is C13H13NS. The van der Waals surface area contributed by atoms with Gasteiger partial charge in [-0.3, -0.25) is 4.98 Å². The lowest BCUT2D eigenvalue weighted by atomic mass is 10.1. The molecule has 0 radical (unpaired) electrons. The Bertz CT molecular complexity index is 477. The zero-order valence-corrected chi connectivity index (χ0v) is 9.32. The highest BCUT2D eigenvalue weighted by atomic mass is 32.1. The number of nitrogens with zero attached hydrogens (tertiary/aromatic N) is 1. The van der Waals surface area contributed by atoms with E-state index in [2.05, 4.69) is 54.0 Å². The smallest absolute Gasteiger partial charge is 0.0707 e. The van der Waals surface area contributed by atoms with Crippen LogP contribution in [0.1, 0.15) is 12.0 Å². The van der Waals surface area contributed by atoms with Gasteiger partial charge in [0.1, 0.15) is 0 Å². The maximum atomic E-state index is 4.32. The molecule has 0 amide bonds. The molecule has 0 unspecified atom stereocenters. The van der Waals surface area contributed by atoms with Crippen molar-refractivity contribution in [2.45, 2.75) is 6.42 Å². The quantitative estimate of drug-likeness (QED) is 0.772. The van der Waals surface area contributed by atoms with Crippen LogP contribution in [0.25, 0.3) is 17.0 Å². The van der Waals surface area contributed by atoms with E-state index in [1.54, 1.807) is 0 Å². The van der Waals surface area contributed by atoms with E-state index in [1.807, 2.05) is 12.3 Å². The Morgan fingerprint density at radius 3 is 3.07 bits per heavy atom. The largest absolute Gasteiger partial charge is 0.256 e. The van der Waals surface area contributed by atoms with Crippen LogP contribution in [-0.4, -0.2) is 10.7 Å². The van der Waals surface area contributed by atoms with Gasteiger partial charge in [0, 0.05) is 11.6 Å². The van der Waals surface area contributed by atoms with E-state index in [1.165, 1.54) is 10.9 Å². The fraction of sp³-hybridized carbons (Fsp3) is 0.154. The Morgan fingerprint density at radius 2 is 2.20 bits per heavy atom. The molecule has 0 bridgehead atoms. The predicted octanol–water partition coefficient (Wildman–Crippen LogP) is 3.57. The Kier molecular flexibility index (Phi) is 3.41. The van der Waals surface area contributed by atoms with Gasteiger partial charge in [0.2, 0.25) is 0 Å². The summed E-state index contributed by atoms with van der Waals surface area (Å²) < 4.78 is 0. The zero-order chi connectivity index (χ0) is 10.5. The molecule has 0 fully saturated rings. The number of benzene rings is 1. The van der Waals surface area contributed by atoms with Gasteiger partial charge in [-0.1, -0.05) is 30.4 Å². The second-order valence-corrected chi connectivity index (χ2v) is 3.82. The van der Waals surface area contributed by atoms with Gasteiger partial charge in [-0.15, -0.1) is 0 Å². The summed E-state index contributed by atoms with van der Waals surface area (Å²) in [5.74, 6) is 0.891. The standard InChI is InChI=1S/C13H13NS/c15-9-2-1-4-11-6-7-12-5-3-8-14-13(12)10-11/h1,3-8,10,15H,2,9H2. The van der Waals surface area contributed by atoms with Crippen molar-refractivity contribution in [2.24, 2.45) is 0 Å². The summed E-state index contributed by atoms with van der Waals surface area (Å²) in [5, 5.41) is 1.18. The van der Waals surface area contributed by atoms with Crippen LogP contribution in [0.5, 0.6) is 0 Å². The van der Waals surface area contributed by atoms with Gasteiger partial charge in [-0.2, -0.15) is 12.6 Å². The average Bonchev–Trinajstić information content (AvgIpc) is 2.29. The summed E-state index contributed by atoms with van der Waals surface area (Å²) in [6, 6.07) is 10.3. The van der Waals surface area contributed by atoms with Crippen molar-refractivity contribution >= 4 is 29.6 Å². The van der Waals surface area contributed by atoms with E-state index in [0.29, 0.717) is 0 Å². The number of pyridine rings is 1. The summed E-state index contributed by atoms with van der Waals surface area (Å²) in [7, 11) is 0. The molecule has 1 aromatic heterocycles. The van der Waals surface area contributed by atoms with Crippen LogP contribution in [0.3, 0.4) is 0 Å². The number of hydrogen-bond donors (Lipinski definition) is 1. The Balaban J connectivity index is 2.30. The van der Waals surface area contributed by atoms with Crippen molar-refractivity contribution in [1.29, 1.82) is 0 Å². The molecule has 0 spiro atoms. The molecule has 2 heteroatoms. The molecule has 2 rings (SSSR count). The molecule has 0 aliphatic heterocycles. The summed E-state index contributed by atoms with van der Waals surface area (Å²) in [6.45, 7) is 0. The van der Waals surface area contributed by atoms with E-state index in [9.17, 15) is 0 Å². The van der Waals surface area contributed by atoms with Gasteiger partial charge >= 0.3 is 0 Å². The van der Waals surface area contributed by atoms with E-state index in [-0.39, 0.29) is 0 Å². The first-order valence-corrected chi connectivity index (χ1v) is 5.65. The van der Waals surface area contributed by atoms with Crippen molar-refractivity contribution < 1.29 is 0 Å². The average molecular weight is 215 g/mol. The summed E-state index contributed by atoms with van der Waals surface area (Å²) in [5.41, 5.74) is 2.24. The second kappa shape index (κ2) is 4.99. The fourth-order valence-electron chi connectivity index (χ4n) is 1.48. The van der Waals surface area contributed by atoms with E-state index in [0.717, 1.165) is 17.7 Å². The number of hydrogen-bond acceptors (Lipinski definition) is 2. The number of fused-ring (bicyclic) bond motifs is 1. The molecule has 0 saturated heterocycles. The van der Waals surface area contributed by atoms with Gasteiger partial charge in [-0.25, -0.2) is 0 Å². The number of thiol groups is 1. The molecule has 0 atom stereocenters. The van der Waals surface area contributed by atoms with E-state index >= 15 is 0 Å². The fourth-order valence-corrected chi connectivity index (χ4v) is 1.63. The van der Waals surface area contributed by atoms with Gasteiger partial charge in [-0.05, 0) is 29.9 Å². The van der Waals surface area contributed by atoms with E-state index < -0.39 is 0 Å². The molecule has 0 aliphatic carbocycles. The normalized spacial score (nSPS) is 11.3. The molecule has 0 saturated carbocycles. The SMILES string of the molecule is SCCC=Cc1ccc2cccnc2c1. The van der Waals surface area contributed by atoms with Crippen molar-refractivity contribution in [3.63, 3.8) is 0 Å². The lowest BCUT2D eigenvalue weighted by Gasteiger charge is -1.97. The highest BCUT2D eigenvalue weighted by molar-refractivity contribution is 7.80.